The minimum Gasteiger partial charge on any atom is -0.235 e. The van der Waals surface area contributed by atoms with Gasteiger partial charge in [-0.1, -0.05) is 40.5 Å². The van der Waals surface area contributed by atoms with Gasteiger partial charge in [0.2, 0.25) is 0 Å². The lowest BCUT2D eigenvalue weighted by Gasteiger charge is -2.07. The molecule has 2 rings (SSSR count). The fraction of sp³-hybridized carbons (Fsp3) is 0.250. The molecule has 1 nitrogen and oxygen atoms in total. The maximum atomic E-state index is 6.10. The van der Waals surface area contributed by atoms with Gasteiger partial charge in [-0.3, -0.25) is 0 Å². The molecule has 0 aliphatic carbocycles. The Balaban J connectivity index is 2.81. The van der Waals surface area contributed by atoms with Crippen LogP contribution in [0.5, 0.6) is 0 Å². The molecule has 0 saturated carbocycles. The lowest BCUT2D eigenvalue weighted by molar-refractivity contribution is 1.12. The molecule has 0 amide bonds. The van der Waals surface area contributed by atoms with E-state index in [4.69, 9.17) is 11.6 Å². The first-order chi connectivity index (χ1) is 7.13. The maximum Gasteiger partial charge on any atom is 0.132 e. The van der Waals surface area contributed by atoms with Crippen molar-refractivity contribution < 1.29 is 0 Å². The molecule has 0 radical (unpaired) electrons. The number of aromatic nitrogens is 1. The summed E-state index contributed by atoms with van der Waals surface area (Å²) in [6.45, 7) is 4.13. The van der Waals surface area contributed by atoms with Gasteiger partial charge in [0.05, 0.1) is 5.52 Å². The monoisotopic (exact) mass is 283 g/mol. The van der Waals surface area contributed by atoms with Crippen LogP contribution >= 0.6 is 27.5 Å². The first-order valence-electron chi connectivity index (χ1n) is 4.87. The predicted molar refractivity (Wildman–Crippen MR) is 68.6 cm³/mol. The van der Waals surface area contributed by atoms with Crippen LogP contribution in [0.25, 0.3) is 10.9 Å². The fourth-order valence-corrected chi connectivity index (χ4v) is 2.22. The van der Waals surface area contributed by atoms with Gasteiger partial charge in [-0.2, -0.15) is 0 Å². The number of rotatable bonds is 1. The van der Waals surface area contributed by atoms with Crippen LogP contribution in [0.2, 0.25) is 5.15 Å². The highest BCUT2D eigenvalue weighted by Crippen LogP contribution is 2.27. The maximum absolute atomic E-state index is 6.10. The smallest absolute Gasteiger partial charge is 0.132 e. The van der Waals surface area contributed by atoms with Crippen LogP contribution in [0.3, 0.4) is 0 Å². The molecule has 1 aromatic carbocycles. The number of nitrogens with zero attached hydrogens (tertiary/aromatic N) is 1. The van der Waals surface area contributed by atoms with Gasteiger partial charge < -0.3 is 0 Å². The molecule has 0 N–H and O–H groups in total. The normalized spacial score (nSPS) is 10.9. The number of halogens is 2. The molecule has 0 fully saturated rings. The van der Waals surface area contributed by atoms with Crippen molar-refractivity contribution in [3.8, 4) is 0 Å². The Labute approximate surface area is 103 Å². The molecular weight excluding hydrogens is 273 g/mol. The highest BCUT2D eigenvalue weighted by atomic mass is 79.9. The summed E-state index contributed by atoms with van der Waals surface area (Å²) in [5.41, 5.74) is 3.22. The molecule has 0 atom stereocenters. The van der Waals surface area contributed by atoms with Crippen molar-refractivity contribution in [1.82, 2.24) is 4.98 Å². The second-order valence-corrected chi connectivity index (χ2v) is 4.75. The largest absolute Gasteiger partial charge is 0.235 e. The number of benzene rings is 1. The van der Waals surface area contributed by atoms with E-state index in [1.54, 1.807) is 0 Å². The number of pyridine rings is 1. The van der Waals surface area contributed by atoms with E-state index in [2.05, 4.69) is 40.0 Å². The van der Waals surface area contributed by atoms with E-state index in [1.165, 1.54) is 0 Å². The summed E-state index contributed by atoms with van der Waals surface area (Å²) in [5.74, 6) is 0. The van der Waals surface area contributed by atoms with Crippen LogP contribution in [0.1, 0.15) is 18.1 Å². The van der Waals surface area contributed by atoms with Crippen LogP contribution in [-0.4, -0.2) is 4.98 Å². The average Bonchev–Trinajstić information content (AvgIpc) is 2.24. The van der Waals surface area contributed by atoms with E-state index in [9.17, 15) is 0 Å². The summed E-state index contributed by atoms with van der Waals surface area (Å²) >= 11 is 9.59. The van der Waals surface area contributed by atoms with Gasteiger partial charge in [0.25, 0.3) is 0 Å². The van der Waals surface area contributed by atoms with Gasteiger partial charge in [0.1, 0.15) is 5.15 Å². The van der Waals surface area contributed by atoms with Gasteiger partial charge in [-0.05, 0) is 36.6 Å². The molecule has 1 aromatic heterocycles. The van der Waals surface area contributed by atoms with Crippen molar-refractivity contribution in [3.05, 3.63) is 39.0 Å². The molecule has 78 valence electrons. The molecule has 0 aliphatic rings. The van der Waals surface area contributed by atoms with Crippen molar-refractivity contribution in [2.24, 2.45) is 0 Å². The zero-order valence-corrected chi connectivity index (χ0v) is 11.0. The topological polar surface area (TPSA) is 12.9 Å². The Morgan fingerprint density at radius 3 is 2.80 bits per heavy atom. The lowest BCUT2D eigenvalue weighted by Crippen LogP contribution is -1.91. The van der Waals surface area contributed by atoms with Gasteiger partial charge in [0.15, 0.2) is 0 Å². The van der Waals surface area contributed by atoms with Gasteiger partial charge in [0, 0.05) is 9.86 Å². The molecule has 2 aromatic rings. The van der Waals surface area contributed by atoms with Crippen LogP contribution in [0.15, 0.2) is 22.7 Å². The van der Waals surface area contributed by atoms with E-state index < -0.39 is 0 Å². The molecule has 0 unspecified atom stereocenters. The Bertz CT molecular complexity index is 523. The van der Waals surface area contributed by atoms with Crippen molar-refractivity contribution in [2.75, 3.05) is 0 Å². The second-order valence-electron chi connectivity index (χ2n) is 3.54. The Morgan fingerprint density at radius 2 is 2.13 bits per heavy atom. The third-order valence-corrected chi connectivity index (χ3v) is 3.77. The zero-order chi connectivity index (χ0) is 11.0. The van der Waals surface area contributed by atoms with Crippen molar-refractivity contribution in [2.45, 2.75) is 20.3 Å². The van der Waals surface area contributed by atoms with Crippen LogP contribution in [0, 0.1) is 6.92 Å². The third-order valence-electron chi connectivity index (χ3n) is 2.58. The molecule has 1 heterocycles. The Hall–Kier alpha value is -0.600. The first-order valence-corrected chi connectivity index (χ1v) is 6.04. The molecule has 0 aliphatic heterocycles. The van der Waals surface area contributed by atoms with E-state index >= 15 is 0 Å². The van der Waals surface area contributed by atoms with Gasteiger partial charge in [-0.25, -0.2) is 4.98 Å². The van der Waals surface area contributed by atoms with Crippen molar-refractivity contribution in [3.63, 3.8) is 0 Å². The van der Waals surface area contributed by atoms with Crippen LogP contribution in [0.4, 0.5) is 0 Å². The number of hydrogen-bond acceptors (Lipinski definition) is 1. The number of hydrogen-bond donors (Lipinski definition) is 0. The highest BCUT2D eigenvalue weighted by Gasteiger charge is 2.07. The van der Waals surface area contributed by atoms with Gasteiger partial charge >= 0.3 is 0 Å². The summed E-state index contributed by atoms with van der Waals surface area (Å²) in [6.07, 6.45) is 0.914. The molecular formula is C12H11BrClN. The van der Waals surface area contributed by atoms with Crippen molar-refractivity contribution >= 4 is 38.4 Å². The average molecular weight is 285 g/mol. The lowest BCUT2D eigenvalue weighted by atomic mass is 10.1. The van der Waals surface area contributed by atoms with E-state index in [0.717, 1.165) is 32.9 Å². The number of fused-ring (bicyclic) bond motifs is 1. The summed E-state index contributed by atoms with van der Waals surface area (Å²) in [6, 6.07) is 6.23. The van der Waals surface area contributed by atoms with Crippen LogP contribution < -0.4 is 0 Å². The summed E-state index contributed by atoms with van der Waals surface area (Å²) < 4.78 is 1.07. The third kappa shape index (κ3) is 1.88. The first kappa shape index (κ1) is 10.9. The van der Waals surface area contributed by atoms with E-state index in [1.807, 2.05) is 13.0 Å². The summed E-state index contributed by atoms with van der Waals surface area (Å²) in [5, 5.41) is 1.77. The minimum atomic E-state index is 0.617. The quantitative estimate of drug-likeness (QED) is 0.702. The Morgan fingerprint density at radius 1 is 1.40 bits per heavy atom. The van der Waals surface area contributed by atoms with E-state index in [0.29, 0.717) is 5.15 Å². The molecule has 3 heteroatoms. The van der Waals surface area contributed by atoms with Gasteiger partial charge in [-0.15, -0.1) is 0 Å². The van der Waals surface area contributed by atoms with Crippen LogP contribution in [-0.2, 0) is 6.42 Å². The second kappa shape index (κ2) is 4.11. The molecule has 0 saturated heterocycles. The predicted octanol–water partition coefficient (Wildman–Crippen LogP) is 4.52. The summed E-state index contributed by atoms with van der Waals surface area (Å²) in [4.78, 5) is 4.44. The number of aryl methyl sites for hydroxylation is 2. The molecule has 0 bridgehead atoms. The highest BCUT2D eigenvalue weighted by molar-refractivity contribution is 9.10. The molecule has 15 heavy (non-hydrogen) atoms. The Kier molecular flexibility index (Phi) is 2.98. The zero-order valence-electron chi connectivity index (χ0n) is 8.64. The van der Waals surface area contributed by atoms with Crippen molar-refractivity contribution in [1.29, 1.82) is 0 Å². The standard InChI is InChI=1S/C12H11BrClN/c1-3-8-6-9-4-5-10(13)7(2)11(9)15-12(8)14/h4-6H,3H2,1-2H3. The molecule has 0 spiro atoms. The van der Waals surface area contributed by atoms with E-state index in [-0.39, 0.29) is 0 Å². The SMILES string of the molecule is CCc1cc2ccc(Br)c(C)c2nc1Cl. The summed E-state index contributed by atoms with van der Waals surface area (Å²) in [7, 11) is 0. The minimum absolute atomic E-state index is 0.617. The fourth-order valence-electron chi connectivity index (χ4n) is 1.63.